The van der Waals surface area contributed by atoms with E-state index in [1.54, 1.807) is 32.2 Å². The van der Waals surface area contributed by atoms with Crippen LogP contribution >= 0.6 is 11.3 Å². The monoisotopic (exact) mass is 395 g/mol. The second-order valence-electron chi connectivity index (χ2n) is 6.28. The van der Waals surface area contributed by atoms with Gasteiger partial charge in [0.05, 0.1) is 18.5 Å². The minimum Gasteiger partial charge on any atom is -0.507 e. The van der Waals surface area contributed by atoms with Gasteiger partial charge in [-0.15, -0.1) is 11.3 Å². The van der Waals surface area contributed by atoms with E-state index >= 15 is 0 Å². The van der Waals surface area contributed by atoms with E-state index in [1.165, 1.54) is 11.3 Å². The fourth-order valence-corrected chi connectivity index (χ4v) is 3.64. The predicted molar refractivity (Wildman–Crippen MR) is 113 cm³/mol. The maximum Gasteiger partial charge on any atom is 0.283 e. The van der Waals surface area contributed by atoms with Gasteiger partial charge in [0.25, 0.3) is 5.91 Å². The second-order valence-corrected chi connectivity index (χ2v) is 7.33. The first-order valence-corrected chi connectivity index (χ1v) is 9.39. The molecule has 0 saturated heterocycles. The molecule has 0 fully saturated rings. The number of nitrogens with one attached hydrogen (secondary N) is 1. The third-order valence-corrected chi connectivity index (χ3v) is 5.41. The molecule has 28 heavy (non-hydrogen) atoms. The zero-order valence-corrected chi connectivity index (χ0v) is 16.6. The summed E-state index contributed by atoms with van der Waals surface area (Å²) in [5, 5.41) is 14.1. The number of hydrazone groups is 1. The largest absolute Gasteiger partial charge is 0.507 e. The number of nitrogen functional groups attached to an aromatic ring is 1. The minimum atomic E-state index is -0.395. The van der Waals surface area contributed by atoms with Gasteiger partial charge in [-0.3, -0.25) is 4.79 Å². The molecule has 1 heterocycles. The van der Waals surface area contributed by atoms with Gasteiger partial charge in [-0.25, -0.2) is 5.43 Å². The highest BCUT2D eigenvalue weighted by Crippen LogP contribution is 2.34. The van der Waals surface area contributed by atoms with Crippen LogP contribution in [-0.4, -0.2) is 23.8 Å². The highest BCUT2D eigenvalue weighted by Gasteiger charge is 2.15. The number of carbonyl (C=O) groups is 1. The Kier molecular flexibility index (Phi) is 5.65. The van der Waals surface area contributed by atoms with Crippen LogP contribution in [0.4, 0.5) is 5.69 Å². The van der Waals surface area contributed by atoms with Gasteiger partial charge in [0, 0.05) is 10.4 Å². The third kappa shape index (κ3) is 4.15. The van der Waals surface area contributed by atoms with Crippen LogP contribution in [0.15, 0.2) is 53.6 Å². The number of amides is 1. The molecule has 0 spiro atoms. The summed E-state index contributed by atoms with van der Waals surface area (Å²) in [7, 11) is 1.61. The molecule has 0 bridgehead atoms. The van der Waals surface area contributed by atoms with E-state index in [2.05, 4.69) is 10.5 Å². The molecule has 0 aliphatic rings. The van der Waals surface area contributed by atoms with Crippen LogP contribution in [-0.2, 0) is 0 Å². The van der Waals surface area contributed by atoms with E-state index in [4.69, 9.17) is 10.5 Å². The number of thiophene rings is 1. The number of ether oxygens (including phenoxy) is 1. The Hall–Kier alpha value is -3.32. The molecule has 0 unspecified atom stereocenters. The van der Waals surface area contributed by atoms with Crippen molar-refractivity contribution >= 4 is 28.6 Å². The highest BCUT2D eigenvalue weighted by molar-refractivity contribution is 7.18. The van der Waals surface area contributed by atoms with Crippen LogP contribution in [0.2, 0.25) is 0 Å². The Morgan fingerprint density at radius 2 is 1.89 bits per heavy atom. The Balaban J connectivity index is 1.79. The van der Waals surface area contributed by atoms with Crippen molar-refractivity contribution in [3.8, 4) is 21.9 Å². The summed E-state index contributed by atoms with van der Waals surface area (Å²) >= 11 is 1.29. The van der Waals surface area contributed by atoms with Crippen molar-refractivity contribution in [3.05, 3.63) is 64.5 Å². The van der Waals surface area contributed by atoms with Crippen molar-refractivity contribution in [2.45, 2.75) is 13.8 Å². The fourth-order valence-electron chi connectivity index (χ4n) is 2.67. The van der Waals surface area contributed by atoms with Gasteiger partial charge < -0.3 is 15.6 Å². The first-order chi connectivity index (χ1) is 13.4. The molecule has 3 rings (SSSR count). The summed E-state index contributed by atoms with van der Waals surface area (Å²) in [5.41, 5.74) is 11.9. The number of phenols is 1. The lowest BCUT2D eigenvalue weighted by atomic mass is 10.1. The number of phenolic OH excluding ortho intramolecular Hbond substituents is 1. The summed E-state index contributed by atoms with van der Waals surface area (Å²) in [6.45, 7) is 3.64. The van der Waals surface area contributed by atoms with Gasteiger partial charge in [-0.2, -0.15) is 5.10 Å². The van der Waals surface area contributed by atoms with Crippen LogP contribution in [0.3, 0.4) is 0 Å². The van der Waals surface area contributed by atoms with Crippen LogP contribution in [0, 0.1) is 6.92 Å². The second kappa shape index (κ2) is 8.14. The smallest absolute Gasteiger partial charge is 0.283 e. The molecule has 4 N–H and O–H groups in total. The summed E-state index contributed by atoms with van der Waals surface area (Å²) < 4.78 is 5.16. The summed E-state index contributed by atoms with van der Waals surface area (Å²) in [5.74, 6) is 0.475. The molecule has 0 saturated carbocycles. The number of carbonyl (C=O) groups excluding carboxylic acids is 1. The first kappa shape index (κ1) is 19.4. The standard InChI is InChI=1S/C21H21N3O3S/c1-12-4-9-18(25)16(10-12)13(2)23-24-21(26)20-17(22)11-19(28-20)14-5-7-15(27-3)8-6-14/h4-11,25H,22H2,1-3H3,(H,24,26)/b23-13+. The van der Waals surface area contributed by atoms with Gasteiger partial charge in [0.2, 0.25) is 0 Å². The molecule has 0 aliphatic carbocycles. The molecule has 144 valence electrons. The lowest BCUT2D eigenvalue weighted by Crippen LogP contribution is -2.19. The van der Waals surface area contributed by atoms with Crippen molar-refractivity contribution < 1.29 is 14.6 Å². The topological polar surface area (TPSA) is 96.9 Å². The fraction of sp³-hybridized carbons (Fsp3) is 0.143. The van der Waals surface area contributed by atoms with Crippen molar-refractivity contribution in [2.75, 3.05) is 12.8 Å². The number of aryl methyl sites for hydroxylation is 1. The Morgan fingerprint density at radius 3 is 2.57 bits per heavy atom. The van der Waals surface area contributed by atoms with E-state index in [0.29, 0.717) is 21.8 Å². The molecule has 0 atom stereocenters. The maximum atomic E-state index is 12.5. The van der Waals surface area contributed by atoms with Crippen molar-refractivity contribution in [1.29, 1.82) is 0 Å². The van der Waals surface area contributed by atoms with E-state index in [0.717, 1.165) is 21.8 Å². The van der Waals surface area contributed by atoms with Crippen LogP contribution in [0.1, 0.15) is 27.7 Å². The van der Waals surface area contributed by atoms with Gasteiger partial charge in [0.1, 0.15) is 16.4 Å². The number of nitrogens with two attached hydrogens (primary N) is 1. The molecule has 2 aromatic carbocycles. The molecule has 0 aliphatic heterocycles. The van der Waals surface area contributed by atoms with E-state index in [-0.39, 0.29) is 5.75 Å². The number of anilines is 1. The number of benzene rings is 2. The molecule has 3 aromatic rings. The molecule has 1 amide bonds. The zero-order valence-electron chi connectivity index (χ0n) is 15.8. The first-order valence-electron chi connectivity index (χ1n) is 8.57. The summed E-state index contributed by atoms with van der Waals surface area (Å²) in [6, 6.07) is 14.5. The Labute approximate surface area is 167 Å². The predicted octanol–water partition coefficient (Wildman–Crippen LogP) is 4.17. The molecule has 0 radical (unpaired) electrons. The number of hydrogen-bond acceptors (Lipinski definition) is 6. The van der Waals surface area contributed by atoms with Gasteiger partial charge in [-0.05, 0) is 61.9 Å². The Morgan fingerprint density at radius 1 is 1.18 bits per heavy atom. The van der Waals surface area contributed by atoms with E-state index < -0.39 is 5.91 Å². The molecular weight excluding hydrogens is 374 g/mol. The van der Waals surface area contributed by atoms with Crippen LogP contribution < -0.4 is 15.9 Å². The number of methoxy groups -OCH3 is 1. The van der Waals surface area contributed by atoms with Crippen LogP contribution in [0.5, 0.6) is 11.5 Å². The van der Waals surface area contributed by atoms with Crippen molar-refractivity contribution in [1.82, 2.24) is 5.43 Å². The molecule has 1 aromatic heterocycles. The lowest BCUT2D eigenvalue weighted by Gasteiger charge is -2.06. The van der Waals surface area contributed by atoms with Gasteiger partial charge in [0.15, 0.2) is 0 Å². The molecule has 7 heteroatoms. The highest BCUT2D eigenvalue weighted by atomic mass is 32.1. The number of nitrogens with zero attached hydrogens (tertiary/aromatic N) is 1. The number of rotatable bonds is 5. The van der Waals surface area contributed by atoms with Gasteiger partial charge >= 0.3 is 0 Å². The summed E-state index contributed by atoms with van der Waals surface area (Å²) in [6.07, 6.45) is 0. The zero-order chi connectivity index (χ0) is 20.3. The Bertz CT molecular complexity index is 1040. The van der Waals surface area contributed by atoms with Crippen LogP contribution in [0.25, 0.3) is 10.4 Å². The molecular formula is C21H21N3O3S. The van der Waals surface area contributed by atoms with Crippen molar-refractivity contribution in [2.24, 2.45) is 5.10 Å². The normalized spacial score (nSPS) is 11.3. The third-order valence-electron chi connectivity index (χ3n) is 4.21. The number of aromatic hydroxyl groups is 1. The van der Waals surface area contributed by atoms with Gasteiger partial charge in [-0.1, -0.05) is 11.6 Å². The quantitative estimate of drug-likeness (QED) is 0.446. The van der Waals surface area contributed by atoms with E-state index in [1.807, 2.05) is 37.3 Å². The lowest BCUT2D eigenvalue weighted by molar-refractivity contribution is 0.0959. The maximum absolute atomic E-state index is 12.5. The van der Waals surface area contributed by atoms with E-state index in [9.17, 15) is 9.90 Å². The minimum absolute atomic E-state index is 0.110. The summed E-state index contributed by atoms with van der Waals surface area (Å²) in [4.78, 5) is 13.8. The average molecular weight is 395 g/mol. The van der Waals surface area contributed by atoms with Crippen molar-refractivity contribution in [3.63, 3.8) is 0 Å². The average Bonchev–Trinajstić information content (AvgIpc) is 3.09. The SMILES string of the molecule is COc1ccc(-c2cc(N)c(C(=O)N/N=C(\C)c3cc(C)ccc3O)s2)cc1. The molecule has 6 nitrogen and oxygen atoms in total. The number of hydrogen-bond donors (Lipinski definition) is 3.